The van der Waals surface area contributed by atoms with Crippen molar-refractivity contribution in [3.63, 3.8) is 0 Å². The molecule has 3 rings (SSSR count). The molecule has 0 aliphatic carbocycles. The van der Waals surface area contributed by atoms with Crippen molar-refractivity contribution >= 4 is 136 Å². The van der Waals surface area contributed by atoms with E-state index in [1.54, 1.807) is 0 Å². The van der Waals surface area contributed by atoms with Crippen LogP contribution in [0.3, 0.4) is 0 Å². The number of hydrogen-bond donors (Lipinski definition) is 3. The Labute approximate surface area is 270 Å². The molecule has 0 heterocycles. The summed E-state index contributed by atoms with van der Waals surface area (Å²) in [6.07, 6.45) is 0. The van der Waals surface area contributed by atoms with E-state index in [0.29, 0.717) is 0 Å². The molecule has 0 aliphatic heterocycles. The predicted molar refractivity (Wildman–Crippen MR) is 146 cm³/mol. The van der Waals surface area contributed by atoms with Crippen molar-refractivity contribution in [3.05, 3.63) is 80.0 Å². The Bertz CT molecular complexity index is 1520. The average Bonchev–Trinajstić information content (AvgIpc) is 2.70. The van der Waals surface area contributed by atoms with Crippen molar-refractivity contribution in [2.75, 3.05) is 9.44 Å². The fourth-order valence-electron chi connectivity index (χ4n) is 2.87. The van der Waals surface area contributed by atoms with Crippen molar-refractivity contribution in [2.24, 2.45) is 5.73 Å². The van der Waals surface area contributed by atoms with Crippen LogP contribution in [0.25, 0.3) is 0 Å². The van der Waals surface area contributed by atoms with Crippen LogP contribution >= 0.6 is 39.1 Å². The zero-order chi connectivity index (χ0) is 25.4. The minimum atomic E-state index is -4.37. The molecule has 0 saturated carbocycles. The normalized spacial score (nSPS) is 11.1. The number of nitrogens with two attached hydrogens (primary N) is 1. The maximum absolute atomic E-state index is 13.7. The number of primary amides is 1. The summed E-state index contributed by atoms with van der Waals surface area (Å²) in [6.45, 7) is 1.49. The topological polar surface area (TPSA) is 135 Å². The van der Waals surface area contributed by atoms with Crippen LogP contribution in [0.15, 0.2) is 62.8 Å². The summed E-state index contributed by atoms with van der Waals surface area (Å²) >= 11 is 14.7. The van der Waals surface area contributed by atoms with E-state index in [0.717, 1.165) is 36.4 Å². The molecule has 0 spiro atoms. The molecule has 3 aromatic carbocycles. The molecule has 184 valence electrons. The summed E-state index contributed by atoms with van der Waals surface area (Å²) in [5, 5.41) is 0.168. The number of carbonyl (C=O) groups is 1. The summed E-state index contributed by atoms with van der Waals surface area (Å²) in [7, 11) is -8.56. The van der Waals surface area contributed by atoms with Gasteiger partial charge in [-0.25, -0.2) is 21.2 Å². The van der Waals surface area contributed by atoms with Crippen LogP contribution < -0.4 is 15.2 Å². The molecule has 16 heteroatoms. The predicted octanol–water partition coefficient (Wildman–Crippen LogP) is 3.61. The molecule has 0 aromatic heterocycles. The molecule has 0 fully saturated rings. The standard InChI is InChI=1S/C20H15BrCl2FN3O5S2.2Na.2H/c1-10-4-17(24)16(21)9-18(10)27-34(31,32)19-3-2-13(8-15(19)20(25)28)26-33(29,30)14-6-11(22)5-12(23)7-14;;;;/h2-9,26-27H,1H3,(H2,25,28);;;;. The molecule has 0 unspecified atom stereocenters. The number of sulfonamides is 2. The van der Waals surface area contributed by atoms with Crippen LogP contribution in [-0.2, 0) is 20.0 Å². The van der Waals surface area contributed by atoms with Crippen molar-refractivity contribution in [1.29, 1.82) is 0 Å². The first-order valence-corrected chi connectivity index (χ1v) is 13.6. The first-order chi connectivity index (χ1) is 15.7. The second-order valence-electron chi connectivity index (χ2n) is 6.97. The first kappa shape index (κ1) is 33.6. The molecule has 3 aromatic rings. The van der Waals surface area contributed by atoms with Crippen LogP contribution in [0.4, 0.5) is 15.8 Å². The maximum atomic E-state index is 13.7. The second-order valence-corrected chi connectivity index (χ2v) is 12.0. The van der Waals surface area contributed by atoms with Crippen LogP contribution in [0.1, 0.15) is 15.9 Å². The zero-order valence-electron chi connectivity index (χ0n) is 17.1. The van der Waals surface area contributed by atoms with Gasteiger partial charge < -0.3 is 5.73 Å². The molecule has 0 bridgehead atoms. The average molecular weight is 659 g/mol. The summed E-state index contributed by atoms with van der Waals surface area (Å²) in [5.41, 5.74) is 5.10. The van der Waals surface area contributed by atoms with Gasteiger partial charge in [-0.3, -0.25) is 14.2 Å². The summed E-state index contributed by atoms with van der Waals surface area (Å²) < 4.78 is 69.5. The molecule has 0 atom stereocenters. The number of hydrogen-bond acceptors (Lipinski definition) is 5. The van der Waals surface area contributed by atoms with E-state index < -0.39 is 42.2 Å². The Morgan fingerprint density at radius 2 is 1.50 bits per heavy atom. The number of anilines is 2. The van der Waals surface area contributed by atoms with Crippen LogP contribution in [0, 0.1) is 12.7 Å². The van der Waals surface area contributed by atoms with Gasteiger partial charge in [0.1, 0.15) is 10.7 Å². The van der Waals surface area contributed by atoms with Gasteiger partial charge in [-0.2, -0.15) is 0 Å². The van der Waals surface area contributed by atoms with E-state index >= 15 is 0 Å². The quantitative estimate of drug-likeness (QED) is 0.334. The second kappa shape index (κ2) is 13.1. The fraction of sp³-hybridized carbons (Fsp3) is 0.0500. The van der Waals surface area contributed by atoms with Crippen LogP contribution in [-0.4, -0.2) is 81.9 Å². The Kier molecular flexibility index (Phi) is 12.3. The van der Waals surface area contributed by atoms with E-state index in [1.165, 1.54) is 19.1 Å². The Hall–Kier alpha value is -0.380. The third-order valence-corrected chi connectivity index (χ3v) is 8.27. The molecule has 8 nitrogen and oxygen atoms in total. The molecule has 0 radical (unpaired) electrons. The Morgan fingerprint density at radius 3 is 2.06 bits per heavy atom. The number of rotatable bonds is 7. The van der Waals surface area contributed by atoms with Crippen molar-refractivity contribution < 1.29 is 26.0 Å². The molecular formula is C20H17BrCl2FN3Na2O5S2. The number of nitrogens with one attached hydrogen (secondary N) is 2. The van der Waals surface area contributed by atoms with Gasteiger partial charge in [-0.05, 0) is 76.9 Å². The van der Waals surface area contributed by atoms with E-state index in [9.17, 15) is 26.0 Å². The first-order valence-electron chi connectivity index (χ1n) is 9.11. The number of halogens is 4. The van der Waals surface area contributed by atoms with E-state index in [4.69, 9.17) is 28.9 Å². The van der Waals surface area contributed by atoms with Gasteiger partial charge in [-0.1, -0.05) is 23.2 Å². The molecule has 0 saturated heterocycles. The SMILES string of the molecule is Cc1cc(F)c(Br)cc1NS(=O)(=O)c1ccc(NS(=O)(=O)c2cc(Cl)cc(Cl)c2)cc1C(N)=O.[NaH].[NaH]. The summed E-state index contributed by atoms with van der Waals surface area (Å²) in [6, 6.07) is 9.15. The Balaban J connectivity index is 0.00000324. The van der Waals surface area contributed by atoms with Crippen molar-refractivity contribution in [3.8, 4) is 0 Å². The Morgan fingerprint density at radius 1 is 0.917 bits per heavy atom. The summed E-state index contributed by atoms with van der Waals surface area (Å²) in [5.74, 6) is -1.71. The van der Waals surface area contributed by atoms with E-state index in [2.05, 4.69) is 25.4 Å². The number of carbonyl (C=O) groups excluding carboxylic acids is 1. The number of benzene rings is 3. The van der Waals surface area contributed by atoms with E-state index in [-0.39, 0.29) is 95.5 Å². The van der Waals surface area contributed by atoms with Crippen molar-refractivity contribution in [2.45, 2.75) is 16.7 Å². The van der Waals surface area contributed by atoms with Gasteiger partial charge in [-0.15, -0.1) is 0 Å². The monoisotopic (exact) mass is 657 g/mol. The van der Waals surface area contributed by atoms with Gasteiger partial charge in [0.25, 0.3) is 20.0 Å². The number of amides is 1. The fourth-order valence-corrected chi connectivity index (χ4v) is 6.31. The molecular weight excluding hydrogens is 642 g/mol. The van der Waals surface area contributed by atoms with Crippen molar-refractivity contribution in [1.82, 2.24) is 0 Å². The molecule has 1 amide bonds. The third kappa shape index (κ3) is 8.06. The van der Waals surface area contributed by atoms with Gasteiger partial charge in [0.2, 0.25) is 5.91 Å². The molecule has 4 N–H and O–H groups in total. The zero-order valence-corrected chi connectivity index (χ0v) is 21.8. The number of aryl methyl sites for hydroxylation is 1. The van der Waals surface area contributed by atoms with Gasteiger partial charge in [0, 0.05) is 15.7 Å². The molecule has 36 heavy (non-hydrogen) atoms. The van der Waals surface area contributed by atoms with Gasteiger partial charge >= 0.3 is 59.1 Å². The third-order valence-electron chi connectivity index (χ3n) is 4.44. The minimum absolute atomic E-state index is 0. The molecule has 0 aliphatic rings. The van der Waals surface area contributed by atoms with Gasteiger partial charge in [0.15, 0.2) is 0 Å². The van der Waals surface area contributed by atoms with Crippen LogP contribution in [0.5, 0.6) is 0 Å². The van der Waals surface area contributed by atoms with Crippen LogP contribution in [0.2, 0.25) is 10.0 Å². The summed E-state index contributed by atoms with van der Waals surface area (Å²) in [4.78, 5) is 11.3. The van der Waals surface area contributed by atoms with Gasteiger partial charge in [0.05, 0.1) is 20.6 Å². The van der Waals surface area contributed by atoms with E-state index in [1.807, 2.05) is 0 Å².